The molecule has 1 unspecified atom stereocenters. The molecule has 1 heteroatoms. The van der Waals surface area contributed by atoms with Crippen LogP contribution in [0.2, 0.25) is 5.04 Å². The highest BCUT2D eigenvalue weighted by atomic mass is 28.1. The molecule has 0 spiro atoms. The van der Waals surface area contributed by atoms with Crippen LogP contribution < -0.4 is 0 Å². The quantitative estimate of drug-likeness (QED) is 0.507. The van der Waals surface area contributed by atoms with Gasteiger partial charge in [0.1, 0.15) is 0 Å². The lowest BCUT2D eigenvalue weighted by Crippen LogP contribution is -2.05. The first kappa shape index (κ1) is 8.22. The minimum absolute atomic E-state index is 0.606. The molecule has 0 rings (SSSR count). The number of hydrogen-bond donors (Lipinski definition) is 0. The maximum atomic E-state index is 2.43. The highest BCUT2D eigenvalue weighted by Crippen LogP contribution is 2.28. The van der Waals surface area contributed by atoms with Gasteiger partial charge in [-0.05, 0) is 11.5 Å². The maximum absolute atomic E-state index is 2.43. The van der Waals surface area contributed by atoms with E-state index in [-0.39, 0.29) is 0 Å². The third-order valence-electron chi connectivity index (χ3n) is 1.67. The van der Waals surface area contributed by atoms with Gasteiger partial charge in [0.05, 0.1) is 0 Å². The molecule has 0 aliphatic rings. The van der Waals surface area contributed by atoms with Crippen molar-refractivity contribution < 1.29 is 0 Å². The monoisotopic (exact) mass is 129 g/mol. The van der Waals surface area contributed by atoms with E-state index in [0.29, 0.717) is 5.04 Å². The van der Waals surface area contributed by atoms with E-state index in [1.54, 1.807) is 0 Å². The largest absolute Gasteiger partial charge is 0.0652 e. The Morgan fingerprint density at radius 1 is 1.50 bits per heavy atom. The molecule has 0 fully saturated rings. The van der Waals surface area contributed by atoms with Gasteiger partial charge in [0, 0.05) is 10.2 Å². The van der Waals surface area contributed by atoms with Crippen molar-refractivity contribution in [3.8, 4) is 0 Å². The van der Waals surface area contributed by atoms with E-state index in [4.69, 9.17) is 0 Å². The van der Waals surface area contributed by atoms with E-state index in [1.807, 2.05) is 0 Å². The van der Waals surface area contributed by atoms with Crippen LogP contribution in [0, 0.1) is 6.42 Å². The van der Waals surface area contributed by atoms with Crippen molar-refractivity contribution in [2.24, 2.45) is 0 Å². The highest BCUT2D eigenvalue weighted by Gasteiger charge is 2.12. The minimum Gasteiger partial charge on any atom is -0.0652 e. The van der Waals surface area contributed by atoms with Gasteiger partial charge in [-0.15, -0.1) is 0 Å². The van der Waals surface area contributed by atoms with Crippen LogP contribution in [0.15, 0.2) is 0 Å². The summed E-state index contributed by atoms with van der Waals surface area (Å²) in [5.41, 5.74) is 0. The summed E-state index contributed by atoms with van der Waals surface area (Å²) in [7, 11) is 1.30. The van der Waals surface area contributed by atoms with Gasteiger partial charge >= 0.3 is 0 Å². The van der Waals surface area contributed by atoms with Gasteiger partial charge < -0.3 is 0 Å². The SMILES string of the molecule is CC[CH]C(C)([SiH3])CC. The molecule has 0 saturated carbocycles. The number of rotatable bonds is 3. The van der Waals surface area contributed by atoms with Gasteiger partial charge in [-0.1, -0.05) is 33.6 Å². The average molecular weight is 129 g/mol. The van der Waals surface area contributed by atoms with Crippen molar-refractivity contribution in [2.75, 3.05) is 0 Å². The lowest BCUT2D eigenvalue weighted by molar-refractivity contribution is 0.651. The van der Waals surface area contributed by atoms with Crippen LogP contribution in [0.3, 0.4) is 0 Å². The van der Waals surface area contributed by atoms with E-state index in [2.05, 4.69) is 27.2 Å². The zero-order valence-electron chi connectivity index (χ0n) is 6.49. The summed E-state index contributed by atoms with van der Waals surface area (Å²) in [5, 5.41) is 0.606. The van der Waals surface area contributed by atoms with Crippen molar-refractivity contribution in [1.82, 2.24) is 0 Å². The van der Waals surface area contributed by atoms with E-state index in [0.717, 1.165) is 0 Å². The fraction of sp³-hybridized carbons (Fsp3) is 0.857. The third-order valence-corrected chi connectivity index (χ3v) is 2.78. The fourth-order valence-corrected chi connectivity index (χ4v) is 1.11. The van der Waals surface area contributed by atoms with Gasteiger partial charge in [-0.2, -0.15) is 0 Å². The molecule has 0 aromatic carbocycles. The lowest BCUT2D eigenvalue weighted by Gasteiger charge is -2.20. The van der Waals surface area contributed by atoms with E-state index in [9.17, 15) is 0 Å². The molecule has 0 amide bonds. The van der Waals surface area contributed by atoms with Crippen LogP contribution in [0.4, 0.5) is 0 Å². The van der Waals surface area contributed by atoms with Gasteiger partial charge in [-0.25, -0.2) is 0 Å². The first-order valence-electron chi connectivity index (χ1n) is 3.46. The van der Waals surface area contributed by atoms with Gasteiger partial charge in [0.2, 0.25) is 0 Å². The van der Waals surface area contributed by atoms with Crippen LogP contribution in [0.5, 0.6) is 0 Å². The molecule has 0 bridgehead atoms. The van der Waals surface area contributed by atoms with Crippen LogP contribution in [0.25, 0.3) is 0 Å². The summed E-state index contributed by atoms with van der Waals surface area (Å²) in [4.78, 5) is 0. The van der Waals surface area contributed by atoms with Crippen molar-refractivity contribution in [3.63, 3.8) is 0 Å². The van der Waals surface area contributed by atoms with E-state index >= 15 is 0 Å². The van der Waals surface area contributed by atoms with Crippen LogP contribution in [0.1, 0.15) is 33.6 Å². The Bertz CT molecular complexity index is 57.4. The van der Waals surface area contributed by atoms with Crippen molar-refractivity contribution >= 4 is 10.2 Å². The average Bonchev–Trinajstić information content (AvgIpc) is 1.67. The first-order valence-corrected chi connectivity index (χ1v) is 4.46. The molecule has 0 aliphatic heterocycles. The van der Waals surface area contributed by atoms with Gasteiger partial charge in [-0.3, -0.25) is 0 Å². The zero-order chi connectivity index (χ0) is 6.62. The molecule has 8 heavy (non-hydrogen) atoms. The number of hydrogen-bond acceptors (Lipinski definition) is 0. The van der Waals surface area contributed by atoms with Crippen molar-refractivity contribution in [2.45, 2.75) is 38.7 Å². The summed E-state index contributed by atoms with van der Waals surface area (Å²) in [5.74, 6) is 0. The molecule has 0 aromatic rings. The summed E-state index contributed by atoms with van der Waals surface area (Å²) in [6.07, 6.45) is 4.97. The molecule has 0 N–H and O–H groups in total. The lowest BCUT2D eigenvalue weighted by atomic mass is 10.0. The molecule has 1 radical (unpaired) electrons. The zero-order valence-corrected chi connectivity index (χ0v) is 8.49. The Labute approximate surface area is 56.1 Å². The molecule has 1 atom stereocenters. The molecule has 0 heterocycles. The first-order chi connectivity index (χ1) is 3.62. The second-order valence-electron chi connectivity index (χ2n) is 2.95. The second kappa shape index (κ2) is 3.28. The normalized spacial score (nSPS) is 18.4. The summed E-state index contributed by atoms with van der Waals surface area (Å²) < 4.78 is 0. The molecular formula is C7H17Si. The fourth-order valence-electron chi connectivity index (χ4n) is 0.697. The van der Waals surface area contributed by atoms with Crippen LogP contribution >= 0.6 is 0 Å². The predicted octanol–water partition coefficient (Wildman–Crippen LogP) is 1.55. The van der Waals surface area contributed by atoms with Gasteiger partial charge in [0.25, 0.3) is 0 Å². The minimum atomic E-state index is 0.606. The Morgan fingerprint density at radius 3 is 2.12 bits per heavy atom. The Hall–Kier alpha value is 0.217. The van der Waals surface area contributed by atoms with Gasteiger partial charge in [0.15, 0.2) is 0 Å². The Kier molecular flexibility index (Phi) is 3.37. The topological polar surface area (TPSA) is 0 Å². The van der Waals surface area contributed by atoms with Crippen molar-refractivity contribution in [1.29, 1.82) is 0 Å². The second-order valence-corrected chi connectivity index (χ2v) is 5.24. The molecule has 49 valence electrons. The molecule has 0 aromatic heterocycles. The standard InChI is InChI=1S/C7H17Si/c1-4-6-7(3,8)5-2/h6H,4-5H2,1-3,8H3. The molecule has 0 aliphatic carbocycles. The summed E-state index contributed by atoms with van der Waals surface area (Å²) in [6.45, 7) is 6.81. The van der Waals surface area contributed by atoms with E-state index in [1.165, 1.54) is 23.1 Å². The highest BCUT2D eigenvalue weighted by molar-refractivity contribution is 6.15. The van der Waals surface area contributed by atoms with Crippen molar-refractivity contribution in [3.05, 3.63) is 6.42 Å². The van der Waals surface area contributed by atoms with Crippen LogP contribution in [-0.4, -0.2) is 10.2 Å². The molecule has 0 saturated heterocycles. The Balaban J connectivity index is 3.37. The Morgan fingerprint density at radius 2 is 2.00 bits per heavy atom. The summed E-state index contributed by atoms with van der Waals surface area (Å²) >= 11 is 0. The molecule has 0 nitrogen and oxygen atoms in total. The summed E-state index contributed by atoms with van der Waals surface area (Å²) in [6, 6.07) is 0. The maximum Gasteiger partial charge on any atom is 0.0106 e. The van der Waals surface area contributed by atoms with Crippen LogP contribution in [-0.2, 0) is 0 Å². The predicted molar refractivity (Wildman–Crippen MR) is 43.2 cm³/mol. The smallest absolute Gasteiger partial charge is 0.0106 e. The third kappa shape index (κ3) is 3.25. The molecular weight excluding hydrogens is 112 g/mol. The van der Waals surface area contributed by atoms with E-state index < -0.39 is 0 Å².